The van der Waals surface area contributed by atoms with Crippen molar-refractivity contribution in [1.29, 1.82) is 0 Å². The summed E-state index contributed by atoms with van der Waals surface area (Å²) in [7, 11) is 0. The van der Waals surface area contributed by atoms with E-state index in [9.17, 15) is 15.0 Å². The minimum absolute atomic E-state index is 0.107. The first-order valence-electron chi connectivity index (χ1n) is 25.8. The summed E-state index contributed by atoms with van der Waals surface area (Å²) in [5, 5.41) is 23.1. The van der Waals surface area contributed by atoms with E-state index in [1.165, 1.54) is 154 Å². The van der Waals surface area contributed by atoms with Crippen molar-refractivity contribution in [3.63, 3.8) is 0 Å². The predicted molar refractivity (Wildman–Crippen MR) is 267 cm³/mol. The third-order valence-electron chi connectivity index (χ3n) is 11.4. The summed E-state index contributed by atoms with van der Waals surface area (Å²) in [6.07, 6.45) is 74.4. The van der Waals surface area contributed by atoms with Crippen LogP contribution < -0.4 is 5.32 Å². The Bertz CT molecular complexity index is 1080. The van der Waals surface area contributed by atoms with Crippen LogP contribution in [-0.2, 0) is 4.79 Å². The summed E-state index contributed by atoms with van der Waals surface area (Å²) < 4.78 is 0. The van der Waals surface area contributed by atoms with Gasteiger partial charge < -0.3 is 15.5 Å². The van der Waals surface area contributed by atoms with Crippen molar-refractivity contribution in [2.45, 2.75) is 257 Å². The number of allylic oxidation sites excluding steroid dienone is 13. The van der Waals surface area contributed by atoms with E-state index in [1.54, 1.807) is 6.08 Å². The molecule has 0 rings (SSSR count). The molecule has 4 nitrogen and oxygen atoms in total. The summed E-state index contributed by atoms with van der Waals surface area (Å²) in [6, 6.07) is -0.652. The molecule has 346 valence electrons. The molecule has 0 aliphatic heterocycles. The van der Waals surface area contributed by atoms with Gasteiger partial charge in [0, 0.05) is 6.42 Å². The van der Waals surface area contributed by atoms with Gasteiger partial charge in [-0.25, -0.2) is 0 Å². The number of carbonyl (C=O) groups is 1. The first-order valence-corrected chi connectivity index (χ1v) is 25.8. The highest BCUT2D eigenvalue weighted by Crippen LogP contribution is 2.16. The number of nitrogens with one attached hydrogen (secondary N) is 1. The highest BCUT2D eigenvalue weighted by molar-refractivity contribution is 5.76. The van der Waals surface area contributed by atoms with Gasteiger partial charge in [0.05, 0.1) is 18.8 Å². The number of aliphatic hydroxyl groups is 2. The molecule has 1 amide bonds. The molecular formula is C56H99NO3. The smallest absolute Gasteiger partial charge is 0.220 e. The predicted octanol–water partition coefficient (Wildman–Crippen LogP) is 16.8. The maximum atomic E-state index is 12.4. The number of unbranched alkanes of at least 4 members (excludes halogenated alkanes) is 27. The van der Waals surface area contributed by atoms with Crippen molar-refractivity contribution in [2.75, 3.05) is 6.61 Å². The number of aliphatic hydroxyl groups excluding tert-OH is 2. The van der Waals surface area contributed by atoms with Crippen molar-refractivity contribution in [3.8, 4) is 0 Å². The standard InChI is InChI=1S/C56H99NO3/c1-3-5-7-9-11-13-15-17-19-21-23-25-26-27-28-29-30-32-33-35-37-39-41-43-45-47-49-51-55(59)54(53-58)57-56(60)52-50-48-46-44-42-40-38-36-34-31-24-22-20-18-16-14-12-10-8-6-4-2/h6,8,12,14,18,20,24,31,36,38,42,44,49,51,54-55,58-59H,3-5,7,9-11,13,15-17,19,21-23,25-30,32-35,37,39-41,43,45-48,50,52-53H2,1-2H3,(H,57,60)/b8-6-,14-12-,20-18-,31-24-,38-36-,44-42-,51-49+. The molecule has 0 saturated carbocycles. The van der Waals surface area contributed by atoms with Gasteiger partial charge in [0.2, 0.25) is 5.91 Å². The van der Waals surface area contributed by atoms with Crippen molar-refractivity contribution in [3.05, 3.63) is 85.1 Å². The Hall–Kier alpha value is -2.43. The van der Waals surface area contributed by atoms with Crippen LogP contribution in [0.2, 0.25) is 0 Å². The van der Waals surface area contributed by atoms with E-state index in [4.69, 9.17) is 0 Å². The van der Waals surface area contributed by atoms with Gasteiger partial charge in [0.15, 0.2) is 0 Å². The van der Waals surface area contributed by atoms with Crippen LogP contribution in [0.3, 0.4) is 0 Å². The lowest BCUT2D eigenvalue weighted by atomic mass is 10.0. The molecule has 0 aliphatic carbocycles. The molecule has 2 unspecified atom stereocenters. The molecule has 60 heavy (non-hydrogen) atoms. The van der Waals surface area contributed by atoms with Gasteiger partial charge in [-0.05, 0) is 70.6 Å². The molecule has 0 aromatic rings. The second-order valence-electron chi connectivity index (χ2n) is 17.2. The van der Waals surface area contributed by atoms with Crippen LogP contribution in [0, 0.1) is 0 Å². The van der Waals surface area contributed by atoms with Crippen LogP contribution in [-0.4, -0.2) is 34.9 Å². The average molecular weight is 834 g/mol. The molecule has 3 N–H and O–H groups in total. The number of rotatable bonds is 46. The van der Waals surface area contributed by atoms with Crippen LogP contribution in [0.15, 0.2) is 85.1 Å². The average Bonchev–Trinajstić information content (AvgIpc) is 3.25. The second kappa shape index (κ2) is 50.9. The Balaban J connectivity index is 3.60. The molecule has 0 aliphatic rings. The second-order valence-corrected chi connectivity index (χ2v) is 17.2. The van der Waals surface area contributed by atoms with E-state index in [2.05, 4.69) is 92.1 Å². The fourth-order valence-electron chi connectivity index (χ4n) is 7.48. The van der Waals surface area contributed by atoms with E-state index < -0.39 is 12.1 Å². The number of hydrogen-bond donors (Lipinski definition) is 3. The van der Waals surface area contributed by atoms with Crippen molar-refractivity contribution in [2.24, 2.45) is 0 Å². The topological polar surface area (TPSA) is 69.6 Å². The number of hydrogen-bond acceptors (Lipinski definition) is 3. The van der Waals surface area contributed by atoms with E-state index in [1.807, 2.05) is 6.08 Å². The summed E-state index contributed by atoms with van der Waals surface area (Å²) in [5.74, 6) is -0.107. The fourth-order valence-corrected chi connectivity index (χ4v) is 7.48. The maximum absolute atomic E-state index is 12.4. The molecule has 0 spiro atoms. The first kappa shape index (κ1) is 57.6. The zero-order valence-corrected chi connectivity index (χ0v) is 39.7. The number of carbonyl (C=O) groups excluding carboxylic acids is 1. The van der Waals surface area contributed by atoms with Gasteiger partial charge in [-0.1, -0.05) is 253 Å². The third kappa shape index (κ3) is 46.6. The highest BCUT2D eigenvalue weighted by atomic mass is 16.3. The molecule has 0 heterocycles. The van der Waals surface area contributed by atoms with Crippen LogP contribution in [0.25, 0.3) is 0 Å². The van der Waals surface area contributed by atoms with Crippen LogP contribution in [0.5, 0.6) is 0 Å². The Morgan fingerprint density at radius 2 is 0.733 bits per heavy atom. The summed E-state index contributed by atoms with van der Waals surface area (Å²) in [4.78, 5) is 12.4. The van der Waals surface area contributed by atoms with Gasteiger partial charge in [-0.15, -0.1) is 0 Å². The monoisotopic (exact) mass is 834 g/mol. The molecule has 2 atom stereocenters. The molecule has 0 saturated heterocycles. The molecular weight excluding hydrogens is 735 g/mol. The van der Waals surface area contributed by atoms with Crippen molar-refractivity contribution in [1.82, 2.24) is 5.32 Å². The van der Waals surface area contributed by atoms with Crippen LogP contribution in [0.1, 0.15) is 245 Å². The normalized spacial score (nSPS) is 13.6. The highest BCUT2D eigenvalue weighted by Gasteiger charge is 2.17. The summed E-state index contributed by atoms with van der Waals surface area (Å²) in [5.41, 5.74) is 0. The third-order valence-corrected chi connectivity index (χ3v) is 11.4. The fraction of sp³-hybridized carbons (Fsp3) is 0.732. The van der Waals surface area contributed by atoms with E-state index in [-0.39, 0.29) is 12.5 Å². The largest absolute Gasteiger partial charge is 0.394 e. The lowest BCUT2D eigenvalue weighted by Gasteiger charge is -2.19. The molecule has 0 aromatic carbocycles. The molecule has 0 aromatic heterocycles. The van der Waals surface area contributed by atoms with Crippen molar-refractivity contribution >= 4 is 5.91 Å². The van der Waals surface area contributed by atoms with E-state index in [0.29, 0.717) is 6.42 Å². The Labute approximate surface area is 373 Å². The Morgan fingerprint density at radius 3 is 1.10 bits per heavy atom. The zero-order valence-electron chi connectivity index (χ0n) is 39.7. The van der Waals surface area contributed by atoms with Crippen LogP contribution in [0.4, 0.5) is 0 Å². The van der Waals surface area contributed by atoms with Gasteiger partial charge in [-0.3, -0.25) is 4.79 Å². The Kier molecular flexibility index (Phi) is 48.9. The van der Waals surface area contributed by atoms with E-state index >= 15 is 0 Å². The van der Waals surface area contributed by atoms with Gasteiger partial charge in [-0.2, -0.15) is 0 Å². The molecule has 0 fully saturated rings. The van der Waals surface area contributed by atoms with Crippen LogP contribution >= 0.6 is 0 Å². The summed E-state index contributed by atoms with van der Waals surface area (Å²) >= 11 is 0. The SMILES string of the molecule is CC/C=C\C/C=C\C/C=C\C/C=C\C/C=C\C/C=C\CCCCC(=O)NC(CO)C(O)/C=C/CCCCCCCCCCCCCCCCCCCCCCCCCCC. The quantitative estimate of drug-likeness (QED) is 0.0423. The Morgan fingerprint density at radius 1 is 0.417 bits per heavy atom. The van der Waals surface area contributed by atoms with E-state index in [0.717, 1.165) is 70.6 Å². The van der Waals surface area contributed by atoms with Gasteiger partial charge in [0.25, 0.3) is 0 Å². The van der Waals surface area contributed by atoms with Gasteiger partial charge in [0.1, 0.15) is 0 Å². The maximum Gasteiger partial charge on any atom is 0.220 e. The molecule has 4 heteroatoms. The minimum Gasteiger partial charge on any atom is -0.394 e. The van der Waals surface area contributed by atoms with Gasteiger partial charge >= 0.3 is 0 Å². The number of amides is 1. The summed E-state index contributed by atoms with van der Waals surface area (Å²) in [6.45, 7) is 4.19. The first-order chi connectivity index (χ1) is 29.7. The zero-order chi connectivity index (χ0) is 43.5. The van der Waals surface area contributed by atoms with Crippen molar-refractivity contribution < 1.29 is 15.0 Å². The lowest BCUT2D eigenvalue weighted by molar-refractivity contribution is -0.123. The molecule has 0 radical (unpaired) electrons. The minimum atomic E-state index is -0.864. The lowest BCUT2D eigenvalue weighted by Crippen LogP contribution is -2.45. The molecule has 0 bridgehead atoms.